The minimum Gasteiger partial charge on any atom is -0.345 e. The van der Waals surface area contributed by atoms with Crippen molar-refractivity contribution in [3.63, 3.8) is 0 Å². The molecular formula is C29H26ClN3O4S. The Kier molecular flexibility index (Phi) is 8.14. The van der Waals surface area contributed by atoms with Crippen molar-refractivity contribution >= 4 is 44.8 Å². The highest BCUT2D eigenvalue weighted by Crippen LogP contribution is 2.24. The van der Waals surface area contributed by atoms with Gasteiger partial charge in [-0.05, 0) is 73.2 Å². The van der Waals surface area contributed by atoms with Gasteiger partial charge in [0.25, 0.3) is 21.8 Å². The topological polar surface area (TPSA) is 95.6 Å². The summed E-state index contributed by atoms with van der Waals surface area (Å²) in [5.74, 6) is -0.752. The van der Waals surface area contributed by atoms with Crippen LogP contribution in [0.25, 0.3) is 0 Å². The average molecular weight is 548 g/mol. The molecule has 0 fully saturated rings. The van der Waals surface area contributed by atoms with Crippen molar-refractivity contribution in [1.29, 1.82) is 0 Å². The number of hydrogen-bond acceptors (Lipinski definition) is 4. The summed E-state index contributed by atoms with van der Waals surface area (Å²) in [7, 11) is -2.37. The Morgan fingerprint density at radius 1 is 0.789 bits per heavy atom. The molecule has 2 N–H and O–H groups in total. The Labute approximate surface area is 227 Å². The highest BCUT2D eigenvalue weighted by atomic mass is 35.5. The Morgan fingerprint density at radius 2 is 1.39 bits per heavy atom. The Bertz CT molecular complexity index is 1540. The number of carbonyl (C=O) groups is 2. The summed E-state index contributed by atoms with van der Waals surface area (Å²) < 4.78 is 27.0. The third-order valence-electron chi connectivity index (χ3n) is 6.03. The molecule has 0 aliphatic heterocycles. The van der Waals surface area contributed by atoms with Gasteiger partial charge in [0.15, 0.2) is 0 Å². The third-order valence-corrected chi connectivity index (χ3v) is 8.08. The maximum absolute atomic E-state index is 13.0. The van der Waals surface area contributed by atoms with Crippen molar-refractivity contribution in [3.8, 4) is 0 Å². The quantitative estimate of drug-likeness (QED) is 0.287. The molecule has 0 aliphatic carbocycles. The molecular weight excluding hydrogens is 522 g/mol. The summed E-state index contributed by atoms with van der Waals surface area (Å²) >= 11 is 5.87. The molecule has 0 saturated heterocycles. The van der Waals surface area contributed by atoms with Crippen LogP contribution in [0.4, 0.5) is 11.4 Å². The van der Waals surface area contributed by atoms with Gasteiger partial charge >= 0.3 is 0 Å². The second-order valence-electron chi connectivity index (χ2n) is 8.58. The van der Waals surface area contributed by atoms with Gasteiger partial charge < -0.3 is 10.6 Å². The average Bonchev–Trinajstić information content (AvgIpc) is 2.93. The summed E-state index contributed by atoms with van der Waals surface area (Å²) in [5, 5.41) is 6.18. The molecule has 4 rings (SSSR count). The molecule has 0 saturated carbocycles. The summed E-state index contributed by atoms with van der Waals surface area (Å²) in [4.78, 5) is 26.1. The number of nitrogens with zero attached hydrogens (tertiary/aromatic N) is 1. The minimum atomic E-state index is -3.81. The number of hydrogen-bond donors (Lipinski definition) is 2. The second kappa shape index (κ2) is 11.5. The van der Waals surface area contributed by atoms with Crippen LogP contribution in [-0.4, -0.2) is 27.3 Å². The Hall–Kier alpha value is -4.14. The number of carbonyl (C=O) groups excluding carboxylic acids is 2. The molecule has 9 heteroatoms. The van der Waals surface area contributed by atoms with Gasteiger partial charge in [0.2, 0.25) is 0 Å². The van der Waals surface area contributed by atoms with E-state index in [0.29, 0.717) is 27.5 Å². The number of rotatable bonds is 8. The molecule has 0 aliphatic rings. The van der Waals surface area contributed by atoms with E-state index >= 15 is 0 Å². The largest absolute Gasteiger partial charge is 0.345 e. The lowest BCUT2D eigenvalue weighted by atomic mass is 10.1. The molecule has 0 aromatic heterocycles. The van der Waals surface area contributed by atoms with Crippen LogP contribution in [0.15, 0.2) is 108 Å². The molecule has 1 atom stereocenters. The molecule has 0 unspecified atom stereocenters. The fourth-order valence-electron chi connectivity index (χ4n) is 3.81. The van der Waals surface area contributed by atoms with Crippen LogP contribution in [0.1, 0.15) is 39.2 Å². The van der Waals surface area contributed by atoms with Gasteiger partial charge in [-0.15, -0.1) is 0 Å². The van der Waals surface area contributed by atoms with Crippen LogP contribution in [-0.2, 0) is 10.0 Å². The molecule has 38 heavy (non-hydrogen) atoms. The number of para-hydroxylation sites is 1. The fourth-order valence-corrected chi connectivity index (χ4v) is 5.13. The number of anilines is 2. The van der Waals surface area contributed by atoms with Crippen molar-refractivity contribution < 1.29 is 18.0 Å². The predicted octanol–water partition coefficient (Wildman–Crippen LogP) is 5.91. The van der Waals surface area contributed by atoms with Crippen molar-refractivity contribution in [2.75, 3.05) is 16.7 Å². The zero-order valence-electron chi connectivity index (χ0n) is 20.8. The lowest BCUT2D eigenvalue weighted by molar-refractivity contribution is 0.0940. The molecule has 0 spiro atoms. The highest BCUT2D eigenvalue weighted by molar-refractivity contribution is 7.92. The summed E-state index contributed by atoms with van der Waals surface area (Å²) in [5.41, 5.74) is 2.34. The van der Waals surface area contributed by atoms with Crippen LogP contribution in [0, 0.1) is 0 Å². The van der Waals surface area contributed by atoms with Crippen LogP contribution >= 0.6 is 11.6 Å². The van der Waals surface area contributed by atoms with Gasteiger partial charge in [-0.25, -0.2) is 8.42 Å². The maximum Gasteiger partial charge on any atom is 0.264 e. The van der Waals surface area contributed by atoms with Crippen molar-refractivity contribution in [2.45, 2.75) is 17.9 Å². The monoisotopic (exact) mass is 547 g/mol. The zero-order valence-corrected chi connectivity index (χ0v) is 22.3. The van der Waals surface area contributed by atoms with Crippen molar-refractivity contribution in [3.05, 3.63) is 125 Å². The predicted molar refractivity (Wildman–Crippen MR) is 150 cm³/mol. The molecule has 4 aromatic rings. The molecule has 0 radical (unpaired) electrons. The molecule has 0 heterocycles. The van der Waals surface area contributed by atoms with Gasteiger partial charge in [0.05, 0.1) is 27.9 Å². The third kappa shape index (κ3) is 6.04. The smallest absolute Gasteiger partial charge is 0.264 e. The van der Waals surface area contributed by atoms with E-state index in [1.807, 2.05) is 37.3 Å². The first kappa shape index (κ1) is 26.9. The van der Waals surface area contributed by atoms with Crippen molar-refractivity contribution in [1.82, 2.24) is 5.32 Å². The maximum atomic E-state index is 13.0. The van der Waals surface area contributed by atoms with Crippen LogP contribution in [0.5, 0.6) is 0 Å². The standard InChI is InChI=1S/C29H26ClN3O4S/c1-20(21-8-4-3-5-9-21)31-29(35)26-10-6-7-11-27(26)32-28(34)22-12-16-24(17-13-22)33(2)38(36,37)25-18-14-23(30)15-19-25/h3-20H,1-2H3,(H,31,35)(H,32,34)/t20-/m0/s1. The van der Waals surface area contributed by atoms with E-state index in [-0.39, 0.29) is 16.8 Å². The Balaban J connectivity index is 1.47. The highest BCUT2D eigenvalue weighted by Gasteiger charge is 2.22. The van der Waals surface area contributed by atoms with Gasteiger partial charge in [0, 0.05) is 17.6 Å². The van der Waals surface area contributed by atoms with E-state index in [1.165, 1.54) is 43.4 Å². The number of nitrogens with one attached hydrogen (secondary N) is 2. The number of benzene rings is 4. The van der Waals surface area contributed by atoms with Crippen LogP contribution < -0.4 is 14.9 Å². The lowest BCUT2D eigenvalue weighted by Crippen LogP contribution is -2.28. The van der Waals surface area contributed by atoms with E-state index < -0.39 is 15.9 Å². The second-order valence-corrected chi connectivity index (χ2v) is 11.0. The first-order valence-electron chi connectivity index (χ1n) is 11.8. The van der Waals surface area contributed by atoms with E-state index in [4.69, 9.17) is 11.6 Å². The molecule has 194 valence electrons. The van der Waals surface area contributed by atoms with Gasteiger partial charge in [-0.1, -0.05) is 54.1 Å². The van der Waals surface area contributed by atoms with Gasteiger partial charge in [-0.2, -0.15) is 0 Å². The molecule has 7 nitrogen and oxygen atoms in total. The van der Waals surface area contributed by atoms with Crippen LogP contribution in [0.2, 0.25) is 5.02 Å². The van der Waals surface area contributed by atoms with E-state index in [2.05, 4.69) is 10.6 Å². The SMILES string of the molecule is C[C@H](NC(=O)c1ccccc1NC(=O)c1ccc(N(C)S(=O)(=O)c2ccc(Cl)cc2)cc1)c1ccccc1. The number of amides is 2. The van der Waals surface area contributed by atoms with E-state index in [9.17, 15) is 18.0 Å². The van der Waals surface area contributed by atoms with Gasteiger partial charge in [0.1, 0.15) is 0 Å². The fraction of sp³-hybridized carbons (Fsp3) is 0.103. The zero-order chi connectivity index (χ0) is 27.3. The van der Waals surface area contributed by atoms with Gasteiger partial charge in [-0.3, -0.25) is 13.9 Å². The minimum absolute atomic E-state index is 0.0997. The lowest BCUT2D eigenvalue weighted by Gasteiger charge is -2.20. The first-order valence-corrected chi connectivity index (χ1v) is 13.6. The molecule has 2 amide bonds. The number of halogens is 1. The van der Waals surface area contributed by atoms with E-state index in [0.717, 1.165) is 9.87 Å². The normalized spacial score (nSPS) is 11.9. The van der Waals surface area contributed by atoms with Crippen LogP contribution in [0.3, 0.4) is 0 Å². The number of sulfonamides is 1. The molecule has 4 aromatic carbocycles. The Morgan fingerprint density at radius 3 is 2.05 bits per heavy atom. The summed E-state index contributed by atoms with van der Waals surface area (Å²) in [6, 6.07) is 28.1. The molecule has 0 bridgehead atoms. The van der Waals surface area contributed by atoms with E-state index in [1.54, 1.807) is 36.4 Å². The van der Waals surface area contributed by atoms with Crippen molar-refractivity contribution in [2.24, 2.45) is 0 Å². The first-order chi connectivity index (χ1) is 18.2. The summed E-state index contributed by atoms with van der Waals surface area (Å²) in [6.45, 7) is 1.89. The summed E-state index contributed by atoms with van der Waals surface area (Å²) in [6.07, 6.45) is 0.